The molecular weight excluding hydrogens is 164 g/mol. The Morgan fingerprint density at radius 1 is 1.50 bits per heavy atom. The highest BCUT2D eigenvalue weighted by molar-refractivity contribution is 8.29. The van der Waals surface area contributed by atoms with E-state index in [-0.39, 0.29) is 5.97 Å². The molecule has 0 fully saturated rings. The topological polar surface area (TPSA) is 26.3 Å². The molecule has 0 amide bonds. The first-order chi connectivity index (χ1) is 4.45. The summed E-state index contributed by atoms with van der Waals surface area (Å²) >= 11 is 1.73. The van der Waals surface area contributed by atoms with Crippen molar-refractivity contribution in [2.45, 2.75) is 19.6 Å². The molecule has 0 rings (SSSR count). The predicted molar refractivity (Wildman–Crippen MR) is 47.8 cm³/mol. The lowest BCUT2D eigenvalue weighted by molar-refractivity contribution is -0.137. The Labute approximate surface area is 67.0 Å². The van der Waals surface area contributed by atoms with E-state index in [9.17, 15) is 4.79 Å². The van der Waals surface area contributed by atoms with E-state index in [1.807, 2.05) is 0 Å². The summed E-state index contributed by atoms with van der Waals surface area (Å²) in [5.74, 6) is 0.388. The molecule has 0 radical (unpaired) electrons. The number of rotatable bonds is 3. The maximum atomic E-state index is 10.6. The Balaban J connectivity index is 3.46. The number of esters is 1. The van der Waals surface area contributed by atoms with E-state index in [0.29, 0.717) is 5.75 Å². The largest absolute Gasteiger partial charge is 0.468 e. The van der Waals surface area contributed by atoms with Crippen LogP contribution in [0.3, 0.4) is 0 Å². The van der Waals surface area contributed by atoms with Crippen LogP contribution < -0.4 is 0 Å². The van der Waals surface area contributed by atoms with Gasteiger partial charge >= 0.3 is 5.97 Å². The molecule has 0 aromatic rings. The summed E-state index contributed by atoms with van der Waals surface area (Å²) in [6.07, 6.45) is 0. The predicted octanol–water partition coefficient (Wildman–Crippen LogP) is 1.73. The fourth-order valence-electron chi connectivity index (χ4n) is 0.334. The van der Waals surface area contributed by atoms with Gasteiger partial charge in [0.15, 0.2) is 0 Å². The van der Waals surface area contributed by atoms with Crippen molar-refractivity contribution in [2.24, 2.45) is 0 Å². The van der Waals surface area contributed by atoms with Crippen molar-refractivity contribution in [3.05, 3.63) is 0 Å². The lowest BCUT2D eigenvalue weighted by Crippen LogP contribution is -2.18. The monoisotopic (exact) mass is 178 g/mol. The van der Waals surface area contributed by atoms with Crippen LogP contribution in [0.25, 0.3) is 0 Å². The molecular formula is C6H14O2SSi. The first kappa shape index (κ1) is 10.0. The Hall–Kier alpha value is 0.0369. The molecule has 0 N–H and O–H groups in total. The standard InChI is InChI=1S/C6H14O2SSi/c1-8-6(7)5-9-10(2,3)4/h5H2,1-4H3. The van der Waals surface area contributed by atoms with E-state index in [1.165, 1.54) is 7.11 Å². The first-order valence-corrected chi connectivity index (χ1v) is 8.37. The van der Waals surface area contributed by atoms with E-state index in [0.717, 1.165) is 0 Å². The summed E-state index contributed by atoms with van der Waals surface area (Å²) in [6.45, 7) is 6.63. The summed E-state index contributed by atoms with van der Waals surface area (Å²) < 4.78 is 4.51. The van der Waals surface area contributed by atoms with Gasteiger partial charge in [-0.25, -0.2) is 0 Å². The van der Waals surface area contributed by atoms with Crippen molar-refractivity contribution in [2.75, 3.05) is 12.9 Å². The number of methoxy groups -OCH3 is 1. The molecule has 0 aromatic heterocycles. The molecule has 0 saturated carbocycles. The van der Waals surface area contributed by atoms with E-state index < -0.39 is 7.22 Å². The molecule has 0 heterocycles. The Kier molecular flexibility index (Phi) is 4.04. The molecule has 0 aliphatic rings. The average molecular weight is 178 g/mol. The summed E-state index contributed by atoms with van der Waals surface area (Å²) in [6, 6.07) is 0. The normalized spacial score (nSPS) is 11.2. The van der Waals surface area contributed by atoms with Gasteiger partial charge in [-0.15, -0.1) is 0 Å². The quantitative estimate of drug-likeness (QED) is 0.486. The van der Waals surface area contributed by atoms with Crippen molar-refractivity contribution in [3.8, 4) is 0 Å². The molecule has 2 nitrogen and oxygen atoms in total. The first-order valence-electron chi connectivity index (χ1n) is 3.16. The van der Waals surface area contributed by atoms with Crippen LogP contribution in [-0.4, -0.2) is 26.1 Å². The maximum absolute atomic E-state index is 10.6. The van der Waals surface area contributed by atoms with Crippen molar-refractivity contribution >= 4 is 24.4 Å². The summed E-state index contributed by atoms with van der Waals surface area (Å²) in [5, 5.41) is 0. The third-order valence-corrected chi connectivity index (χ3v) is 5.13. The molecule has 4 heteroatoms. The fraction of sp³-hybridized carbons (Fsp3) is 0.833. The third-order valence-electron chi connectivity index (χ3n) is 0.851. The Morgan fingerprint density at radius 3 is 2.30 bits per heavy atom. The summed E-state index contributed by atoms with van der Waals surface area (Å²) in [7, 11) is 0.303. The molecule has 0 saturated heterocycles. The highest BCUT2D eigenvalue weighted by Crippen LogP contribution is 2.18. The lowest BCUT2D eigenvalue weighted by Gasteiger charge is -2.13. The van der Waals surface area contributed by atoms with Crippen LogP contribution in [0.1, 0.15) is 0 Å². The molecule has 0 aliphatic carbocycles. The second kappa shape index (κ2) is 4.03. The molecule has 0 spiro atoms. The van der Waals surface area contributed by atoms with Crippen LogP contribution in [-0.2, 0) is 9.53 Å². The number of carbonyl (C=O) groups excluding carboxylic acids is 1. The molecule has 0 aliphatic heterocycles. The minimum Gasteiger partial charge on any atom is -0.468 e. The highest BCUT2D eigenvalue weighted by Gasteiger charge is 2.15. The SMILES string of the molecule is COC(=O)CS[Si](C)(C)C. The molecule has 10 heavy (non-hydrogen) atoms. The van der Waals surface area contributed by atoms with E-state index in [2.05, 4.69) is 24.4 Å². The smallest absolute Gasteiger partial charge is 0.315 e. The van der Waals surface area contributed by atoms with Gasteiger partial charge in [-0.05, 0) is 0 Å². The minimum absolute atomic E-state index is 0.118. The Morgan fingerprint density at radius 2 is 2.00 bits per heavy atom. The van der Waals surface area contributed by atoms with Gasteiger partial charge in [0.1, 0.15) is 7.22 Å². The second-order valence-corrected chi connectivity index (χ2v) is 12.3. The van der Waals surface area contributed by atoms with Gasteiger partial charge in [-0.2, -0.15) is 11.2 Å². The number of hydrogen-bond acceptors (Lipinski definition) is 3. The van der Waals surface area contributed by atoms with Gasteiger partial charge in [-0.1, -0.05) is 19.6 Å². The second-order valence-electron chi connectivity index (χ2n) is 2.98. The van der Waals surface area contributed by atoms with Gasteiger partial charge in [0.2, 0.25) is 0 Å². The van der Waals surface area contributed by atoms with Crippen molar-refractivity contribution < 1.29 is 9.53 Å². The van der Waals surface area contributed by atoms with Crippen molar-refractivity contribution in [1.82, 2.24) is 0 Å². The number of ether oxygens (including phenoxy) is 1. The van der Waals surface area contributed by atoms with Gasteiger partial charge < -0.3 is 4.74 Å². The number of hydrogen-bond donors (Lipinski definition) is 0. The highest BCUT2D eigenvalue weighted by atomic mass is 32.4. The zero-order valence-electron chi connectivity index (χ0n) is 6.93. The van der Waals surface area contributed by atoms with E-state index in [4.69, 9.17) is 0 Å². The van der Waals surface area contributed by atoms with Gasteiger partial charge in [0.05, 0.1) is 12.9 Å². The molecule has 0 atom stereocenters. The van der Waals surface area contributed by atoms with E-state index >= 15 is 0 Å². The maximum Gasteiger partial charge on any atom is 0.315 e. The van der Waals surface area contributed by atoms with Crippen LogP contribution in [0.2, 0.25) is 19.6 Å². The third kappa shape index (κ3) is 6.16. The minimum atomic E-state index is -1.12. The van der Waals surface area contributed by atoms with Crippen LogP contribution in [0.4, 0.5) is 0 Å². The van der Waals surface area contributed by atoms with Gasteiger partial charge in [-0.3, -0.25) is 4.79 Å². The van der Waals surface area contributed by atoms with Crippen LogP contribution in [0, 0.1) is 0 Å². The lowest BCUT2D eigenvalue weighted by atomic mass is 10.8. The summed E-state index contributed by atoms with van der Waals surface area (Å²) in [4.78, 5) is 10.6. The fourth-order valence-corrected chi connectivity index (χ4v) is 2.66. The van der Waals surface area contributed by atoms with Crippen molar-refractivity contribution in [3.63, 3.8) is 0 Å². The van der Waals surface area contributed by atoms with Crippen LogP contribution in [0.15, 0.2) is 0 Å². The zero-order valence-corrected chi connectivity index (χ0v) is 8.75. The van der Waals surface area contributed by atoms with E-state index in [1.54, 1.807) is 11.2 Å². The summed E-state index contributed by atoms with van der Waals surface area (Å²) in [5.41, 5.74) is 0. The van der Waals surface area contributed by atoms with Gasteiger partial charge in [0.25, 0.3) is 0 Å². The van der Waals surface area contributed by atoms with Gasteiger partial charge in [0, 0.05) is 0 Å². The average Bonchev–Trinajstić information content (AvgIpc) is 1.81. The Bertz CT molecular complexity index is 119. The molecule has 0 unspecified atom stereocenters. The number of carbonyl (C=O) groups is 1. The molecule has 0 bridgehead atoms. The molecule has 0 aromatic carbocycles. The van der Waals surface area contributed by atoms with Crippen LogP contribution in [0.5, 0.6) is 0 Å². The zero-order chi connectivity index (χ0) is 8.20. The van der Waals surface area contributed by atoms with Crippen LogP contribution >= 0.6 is 11.2 Å². The van der Waals surface area contributed by atoms with Crippen molar-refractivity contribution in [1.29, 1.82) is 0 Å². The molecule has 60 valence electrons.